The van der Waals surface area contributed by atoms with Gasteiger partial charge in [-0.1, -0.05) is 12.1 Å². The standard InChI is InChI=1S/C18H28N4O4.HI/c1-2-26-13-3-10-19-18(21-11-8-17(23)9-12-21)20-14-15-4-6-16(7-5-15)22(24)25;/h4-7,17,23H,2-3,8-14H2,1H3,(H,19,20);1H. The smallest absolute Gasteiger partial charge is 0.269 e. The highest BCUT2D eigenvalue weighted by Crippen LogP contribution is 2.14. The molecule has 1 aliphatic rings. The fourth-order valence-electron chi connectivity index (χ4n) is 2.75. The molecule has 2 N–H and O–H groups in total. The summed E-state index contributed by atoms with van der Waals surface area (Å²) in [6, 6.07) is 6.46. The van der Waals surface area contributed by atoms with E-state index in [0.29, 0.717) is 19.8 Å². The molecule has 1 aromatic rings. The lowest BCUT2D eigenvalue weighted by Crippen LogP contribution is -2.47. The largest absolute Gasteiger partial charge is 0.393 e. The molecule has 0 bridgehead atoms. The Morgan fingerprint density at radius 2 is 2.04 bits per heavy atom. The number of nitrogens with one attached hydrogen (secondary N) is 1. The summed E-state index contributed by atoms with van der Waals surface area (Å²) in [5.41, 5.74) is 0.998. The molecule has 8 nitrogen and oxygen atoms in total. The molecular formula is C18H29IN4O4. The molecule has 9 heteroatoms. The zero-order valence-corrected chi connectivity index (χ0v) is 18.0. The van der Waals surface area contributed by atoms with E-state index < -0.39 is 4.92 Å². The first kappa shape index (κ1) is 23.6. The monoisotopic (exact) mass is 492 g/mol. The lowest BCUT2D eigenvalue weighted by atomic mass is 10.1. The van der Waals surface area contributed by atoms with Crippen molar-refractivity contribution in [2.75, 3.05) is 32.8 Å². The van der Waals surface area contributed by atoms with Crippen LogP contribution in [0.1, 0.15) is 31.7 Å². The zero-order valence-electron chi connectivity index (χ0n) is 15.7. The Bertz CT molecular complexity index is 590. The number of nitro benzene ring substituents is 1. The van der Waals surface area contributed by atoms with E-state index in [1.807, 2.05) is 6.92 Å². The van der Waals surface area contributed by atoms with Crippen molar-refractivity contribution in [3.05, 3.63) is 39.9 Å². The van der Waals surface area contributed by atoms with E-state index in [-0.39, 0.29) is 35.8 Å². The summed E-state index contributed by atoms with van der Waals surface area (Å²) in [6.07, 6.45) is 2.12. The molecule has 0 aliphatic carbocycles. The van der Waals surface area contributed by atoms with Gasteiger partial charge in [-0.15, -0.1) is 24.0 Å². The van der Waals surface area contributed by atoms with Crippen LogP contribution in [0.4, 0.5) is 5.69 Å². The molecule has 0 aromatic heterocycles. The molecule has 1 fully saturated rings. The second-order valence-corrected chi connectivity index (χ2v) is 6.26. The summed E-state index contributed by atoms with van der Waals surface area (Å²) in [4.78, 5) is 17.2. The molecule has 0 amide bonds. The molecule has 2 rings (SSSR count). The number of piperidine rings is 1. The number of guanidine groups is 1. The van der Waals surface area contributed by atoms with Crippen LogP contribution in [-0.2, 0) is 11.3 Å². The van der Waals surface area contributed by atoms with Crippen LogP contribution in [0.15, 0.2) is 29.3 Å². The van der Waals surface area contributed by atoms with Crippen LogP contribution < -0.4 is 5.32 Å². The summed E-state index contributed by atoms with van der Waals surface area (Å²) in [5, 5.41) is 23.8. The van der Waals surface area contributed by atoms with E-state index in [4.69, 9.17) is 4.74 Å². The Morgan fingerprint density at radius 3 is 2.63 bits per heavy atom. The number of hydrogen-bond donors (Lipinski definition) is 2. The first-order valence-electron chi connectivity index (χ1n) is 9.12. The molecular weight excluding hydrogens is 463 g/mol. The van der Waals surface area contributed by atoms with E-state index in [2.05, 4.69) is 15.2 Å². The van der Waals surface area contributed by atoms with Gasteiger partial charge >= 0.3 is 0 Å². The SMILES string of the molecule is CCOCCCNC(=NCc1ccc([N+](=O)[O-])cc1)N1CCC(O)CC1.I. The summed E-state index contributed by atoms with van der Waals surface area (Å²) < 4.78 is 5.35. The van der Waals surface area contributed by atoms with Crippen LogP contribution in [0, 0.1) is 10.1 Å². The molecule has 1 heterocycles. The number of nitrogens with zero attached hydrogens (tertiary/aromatic N) is 3. The van der Waals surface area contributed by atoms with E-state index in [9.17, 15) is 15.2 Å². The Balaban J connectivity index is 0.00000364. The maximum absolute atomic E-state index is 10.7. The Morgan fingerprint density at radius 1 is 1.37 bits per heavy atom. The molecule has 152 valence electrons. The maximum Gasteiger partial charge on any atom is 0.269 e. The van der Waals surface area contributed by atoms with E-state index in [1.54, 1.807) is 12.1 Å². The summed E-state index contributed by atoms with van der Waals surface area (Å²) >= 11 is 0. The second-order valence-electron chi connectivity index (χ2n) is 6.26. The van der Waals surface area contributed by atoms with Crippen molar-refractivity contribution in [1.82, 2.24) is 10.2 Å². The molecule has 0 unspecified atom stereocenters. The zero-order chi connectivity index (χ0) is 18.8. The second kappa shape index (κ2) is 12.8. The van der Waals surface area contributed by atoms with Gasteiger partial charge in [-0.3, -0.25) is 10.1 Å². The molecule has 27 heavy (non-hydrogen) atoms. The number of hydrogen-bond acceptors (Lipinski definition) is 5. The summed E-state index contributed by atoms with van der Waals surface area (Å²) in [6.45, 7) is 6.13. The average molecular weight is 492 g/mol. The van der Waals surface area contributed by atoms with Gasteiger partial charge in [-0.2, -0.15) is 0 Å². The Hall–Kier alpha value is -1.46. The van der Waals surface area contributed by atoms with Gasteiger partial charge in [0.15, 0.2) is 5.96 Å². The third-order valence-corrected chi connectivity index (χ3v) is 4.28. The number of nitro groups is 1. The number of halogens is 1. The van der Waals surface area contributed by atoms with Crippen LogP contribution in [0.2, 0.25) is 0 Å². The van der Waals surface area contributed by atoms with E-state index in [1.165, 1.54) is 12.1 Å². The van der Waals surface area contributed by atoms with Gasteiger partial charge in [0.2, 0.25) is 0 Å². The van der Waals surface area contributed by atoms with Crippen LogP contribution in [-0.4, -0.2) is 59.8 Å². The van der Waals surface area contributed by atoms with Crippen LogP contribution >= 0.6 is 24.0 Å². The van der Waals surface area contributed by atoms with Crippen molar-refractivity contribution in [2.45, 2.75) is 38.8 Å². The highest BCUT2D eigenvalue weighted by Gasteiger charge is 2.19. The molecule has 1 aliphatic heterocycles. The first-order valence-corrected chi connectivity index (χ1v) is 9.12. The number of non-ortho nitro benzene ring substituents is 1. The minimum atomic E-state index is -0.405. The van der Waals surface area contributed by atoms with Gasteiger partial charge in [-0.05, 0) is 31.7 Å². The lowest BCUT2D eigenvalue weighted by Gasteiger charge is -2.32. The molecule has 0 radical (unpaired) electrons. The summed E-state index contributed by atoms with van der Waals surface area (Å²) in [7, 11) is 0. The van der Waals surface area contributed by atoms with Gasteiger partial charge in [-0.25, -0.2) is 4.99 Å². The molecule has 1 aromatic carbocycles. The Kier molecular flexibility index (Phi) is 11.2. The Labute approximate surface area is 177 Å². The topological polar surface area (TPSA) is 100 Å². The predicted octanol–water partition coefficient (Wildman–Crippen LogP) is 2.54. The van der Waals surface area contributed by atoms with Gasteiger partial charge in [0.05, 0.1) is 17.6 Å². The third kappa shape index (κ3) is 8.39. The van der Waals surface area contributed by atoms with Crippen molar-refractivity contribution >= 4 is 35.6 Å². The molecule has 1 saturated heterocycles. The van der Waals surface area contributed by atoms with Crippen molar-refractivity contribution in [2.24, 2.45) is 4.99 Å². The third-order valence-electron chi connectivity index (χ3n) is 4.28. The average Bonchev–Trinajstić information content (AvgIpc) is 2.65. The van der Waals surface area contributed by atoms with Gasteiger partial charge in [0.1, 0.15) is 0 Å². The van der Waals surface area contributed by atoms with Gasteiger partial charge in [0, 0.05) is 45.0 Å². The normalized spacial score (nSPS) is 15.3. The minimum Gasteiger partial charge on any atom is -0.393 e. The molecule has 0 spiro atoms. The number of ether oxygens (including phenoxy) is 1. The van der Waals surface area contributed by atoms with Crippen LogP contribution in [0.3, 0.4) is 0 Å². The number of rotatable bonds is 8. The van der Waals surface area contributed by atoms with Crippen molar-refractivity contribution in [3.63, 3.8) is 0 Å². The van der Waals surface area contributed by atoms with Crippen LogP contribution in [0.5, 0.6) is 0 Å². The molecule has 0 atom stereocenters. The van der Waals surface area contributed by atoms with Gasteiger partial charge in [0.25, 0.3) is 5.69 Å². The number of aliphatic imine (C=N–C) groups is 1. The van der Waals surface area contributed by atoms with E-state index in [0.717, 1.165) is 50.4 Å². The maximum atomic E-state index is 10.7. The first-order chi connectivity index (χ1) is 12.6. The fraction of sp³-hybridized carbons (Fsp3) is 0.611. The number of likely N-dealkylation sites (tertiary alicyclic amines) is 1. The quantitative estimate of drug-likeness (QED) is 0.145. The van der Waals surface area contributed by atoms with Crippen molar-refractivity contribution in [3.8, 4) is 0 Å². The minimum absolute atomic E-state index is 0. The van der Waals surface area contributed by atoms with Gasteiger partial charge < -0.3 is 20.1 Å². The number of aliphatic hydroxyl groups excluding tert-OH is 1. The lowest BCUT2D eigenvalue weighted by molar-refractivity contribution is -0.384. The van der Waals surface area contributed by atoms with Crippen LogP contribution in [0.25, 0.3) is 0 Å². The fourth-order valence-corrected chi connectivity index (χ4v) is 2.75. The highest BCUT2D eigenvalue weighted by molar-refractivity contribution is 14.0. The number of aliphatic hydroxyl groups is 1. The van der Waals surface area contributed by atoms with E-state index >= 15 is 0 Å². The summed E-state index contributed by atoms with van der Waals surface area (Å²) in [5.74, 6) is 0.812. The highest BCUT2D eigenvalue weighted by atomic mass is 127. The van der Waals surface area contributed by atoms with Crippen molar-refractivity contribution < 1.29 is 14.8 Å². The molecule has 0 saturated carbocycles. The van der Waals surface area contributed by atoms with Crippen molar-refractivity contribution in [1.29, 1.82) is 0 Å². The number of benzene rings is 1. The predicted molar refractivity (Wildman–Crippen MR) is 116 cm³/mol.